The summed E-state index contributed by atoms with van der Waals surface area (Å²) in [6, 6.07) is 24.3. The van der Waals surface area contributed by atoms with Crippen LogP contribution in [0.3, 0.4) is 0 Å². The Morgan fingerprint density at radius 3 is 2.52 bits per heavy atom. The molecule has 1 atom stereocenters. The number of ether oxygens (including phenoxy) is 2. The minimum Gasteiger partial charge on any atom is -0.488 e. The lowest BCUT2D eigenvalue weighted by atomic mass is 9.93. The molecule has 0 saturated carbocycles. The van der Waals surface area contributed by atoms with E-state index in [9.17, 15) is 14.9 Å². The third-order valence-electron chi connectivity index (χ3n) is 7.16. The summed E-state index contributed by atoms with van der Waals surface area (Å²) in [4.78, 5) is 32.4. The van der Waals surface area contributed by atoms with Gasteiger partial charge >= 0.3 is 5.97 Å². The highest BCUT2D eigenvalue weighted by Crippen LogP contribution is 2.31. The highest BCUT2D eigenvalue weighted by Gasteiger charge is 2.33. The molecule has 4 aromatic rings. The van der Waals surface area contributed by atoms with Crippen molar-refractivity contribution in [2.75, 3.05) is 6.61 Å². The van der Waals surface area contributed by atoms with Crippen LogP contribution in [0.2, 0.25) is 0 Å². The van der Waals surface area contributed by atoms with Crippen molar-refractivity contribution in [3.05, 3.63) is 132 Å². The van der Waals surface area contributed by atoms with Crippen molar-refractivity contribution in [2.45, 2.75) is 46.3 Å². The van der Waals surface area contributed by atoms with E-state index in [1.807, 2.05) is 66.7 Å². The molecule has 0 spiro atoms. The number of carbonyl (C=O) groups excluding carboxylic acids is 1. The highest BCUT2D eigenvalue weighted by molar-refractivity contribution is 7.07. The molecular weight excluding hydrogens is 546 g/mol. The summed E-state index contributed by atoms with van der Waals surface area (Å²) in [6.07, 6.45) is 1.79. The van der Waals surface area contributed by atoms with Crippen molar-refractivity contribution in [2.24, 2.45) is 4.99 Å². The molecule has 0 amide bonds. The third kappa shape index (κ3) is 5.69. The Kier molecular flexibility index (Phi) is 8.51. The molecule has 3 aromatic carbocycles. The van der Waals surface area contributed by atoms with Crippen LogP contribution in [0.15, 0.2) is 93.9 Å². The average molecular weight is 578 g/mol. The first-order chi connectivity index (χ1) is 20.3. The molecule has 0 bridgehead atoms. The number of aromatic nitrogens is 1. The smallest absolute Gasteiger partial charge is 0.338 e. The monoisotopic (exact) mass is 577 g/mol. The van der Waals surface area contributed by atoms with Gasteiger partial charge in [-0.25, -0.2) is 9.79 Å². The lowest BCUT2D eigenvalue weighted by Crippen LogP contribution is -2.39. The molecule has 1 aliphatic heterocycles. The molecule has 42 heavy (non-hydrogen) atoms. The number of fused-ring (bicyclic) bond motifs is 1. The fourth-order valence-electron chi connectivity index (χ4n) is 4.95. The van der Waals surface area contributed by atoms with Gasteiger partial charge in [0.15, 0.2) is 4.80 Å². The molecule has 0 aliphatic carbocycles. The molecule has 8 heteroatoms. The van der Waals surface area contributed by atoms with Crippen molar-refractivity contribution >= 4 is 23.4 Å². The number of hydrogen-bond donors (Lipinski definition) is 0. The standard InChI is InChI=1S/C34H31N3O4S/c1-5-40-33(39)30-22(4)36-34-37(31(30)24-16-14-23(15-17-24)21(2)3)32(38)29(42-34)18-25-10-8-9-13-28(25)41-20-27-12-7-6-11-26(27)19-35/h6-18,21,31H,5,20H2,1-4H3/b29-18-/t31-/m1/s1. The van der Waals surface area contributed by atoms with Gasteiger partial charge in [-0.1, -0.05) is 85.8 Å². The normalized spacial score (nSPS) is 14.8. The Morgan fingerprint density at radius 1 is 1.10 bits per heavy atom. The number of nitrogens with zero attached hydrogens (tertiary/aromatic N) is 3. The number of esters is 1. The van der Waals surface area contributed by atoms with Crippen LogP contribution >= 0.6 is 11.3 Å². The Labute approximate surface area is 248 Å². The average Bonchev–Trinajstić information content (AvgIpc) is 3.30. The maximum atomic E-state index is 14.0. The summed E-state index contributed by atoms with van der Waals surface area (Å²) >= 11 is 1.27. The van der Waals surface area contributed by atoms with Gasteiger partial charge in [0, 0.05) is 11.1 Å². The van der Waals surface area contributed by atoms with Crippen LogP contribution in [0.1, 0.15) is 67.5 Å². The van der Waals surface area contributed by atoms with Gasteiger partial charge in [0.1, 0.15) is 12.4 Å². The highest BCUT2D eigenvalue weighted by atomic mass is 32.1. The minimum absolute atomic E-state index is 0.213. The summed E-state index contributed by atoms with van der Waals surface area (Å²) < 4.78 is 13.6. The molecular formula is C34H31N3O4S. The number of hydrogen-bond acceptors (Lipinski definition) is 7. The summed E-state index contributed by atoms with van der Waals surface area (Å²) in [5.74, 6) is 0.446. The Bertz CT molecular complexity index is 1890. The second kappa shape index (κ2) is 12.4. The Hall–Kier alpha value is -4.74. The molecule has 5 rings (SSSR count). The first-order valence-corrected chi connectivity index (χ1v) is 14.6. The van der Waals surface area contributed by atoms with Crippen LogP contribution < -0.4 is 19.6 Å². The van der Waals surface area contributed by atoms with Crippen LogP contribution in [0.25, 0.3) is 6.08 Å². The largest absolute Gasteiger partial charge is 0.488 e. The predicted molar refractivity (Wildman–Crippen MR) is 163 cm³/mol. The topological polar surface area (TPSA) is 93.7 Å². The lowest BCUT2D eigenvalue weighted by molar-refractivity contribution is -0.139. The summed E-state index contributed by atoms with van der Waals surface area (Å²) in [5.41, 5.74) is 4.65. The SMILES string of the molecule is CCOC(=O)C1=C(C)N=c2s/c(=C\c3ccccc3OCc3ccccc3C#N)c(=O)n2[C@@H]1c1ccc(C(C)C)cc1. The second-order valence-corrected chi connectivity index (χ2v) is 11.2. The van der Waals surface area contributed by atoms with E-state index in [0.29, 0.717) is 37.8 Å². The number of nitriles is 1. The number of para-hydroxylation sites is 1. The van der Waals surface area contributed by atoms with E-state index in [1.165, 1.54) is 16.9 Å². The minimum atomic E-state index is -0.669. The first-order valence-electron chi connectivity index (χ1n) is 13.8. The summed E-state index contributed by atoms with van der Waals surface area (Å²) in [7, 11) is 0. The molecule has 1 aliphatic rings. The molecule has 0 radical (unpaired) electrons. The number of rotatable bonds is 8. The zero-order valence-corrected chi connectivity index (χ0v) is 24.8. The van der Waals surface area contributed by atoms with Gasteiger partial charge in [-0.2, -0.15) is 5.26 Å². The maximum Gasteiger partial charge on any atom is 0.338 e. The fourth-order valence-corrected chi connectivity index (χ4v) is 5.99. The van der Waals surface area contributed by atoms with Crippen molar-refractivity contribution in [3.63, 3.8) is 0 Å². The number of allylic oxidation sites excluding steroid dienone is 1. The zero-order chi connectivity index (χ0) is 29.8. The van der Waals surface area contributed by atoms with E-state index < -0.39 is 12.0 Å². The van der Waals surface area contributed by atoms with Crippen molar-refractivity contribution in [1.82, 2.24) is 4.57 Å². The van der Waals surface area contributed by atoms with Crippen LogP contribution in [0.4, 0.5) is 0 Å². The van der Waals surface area contributed by atoms with Gasteiger partial charge in [-0.05, 0) is 49.1 Å². The Morgan fingerprint density at radius 2 is 1.81 bits per heavy atom. The van der Waals surface area contributed by atoms with Gasteiger partial charge in [0.25, 0.3) is 5.56 Å². The van der Waals surface area contributed by atoms with Crippen LogP contribution in [0, 0.1) is 11.3 Å². The molecule has 1 aromatic heterocycles. The summed E-state index contributed by atoms with van der Waals surface area (Å²) in [5, 5.41) is 9.43. The van der Waals surface area contributed by atoms with E-state index in [1.54, 1.807) is 30.6 Å². The van der Waals surface area contributed by atoms with Gasteiger partial charge in [0.2, 0.25) is 0 Å². The van der Waals surface area contributed by atoms with E-state index >= 15 is 0 Å². The van der Waals surface area contributed by atoms with E-state index in [2.05, 4.69) is 24.9 Å². The van der Waals surface area contributed by atoms with Crippen LogP contribution in [-0.4, -0.2) is 17.1 Å². The third-order valence-corrected chi connectivity index (χ3v) is 8.15. The predicted octanol–water partition coefficient (Wildman–Crippen LogP) is 5.37. The maximum absolute atomic E-state index is 14.0. The first kappa shape index (κ1) is 28.8. The van der Waals surface area contributed by atoms with Crippen LogP contribution in [0.5, 0.6) is 5.75 Å². The molecule has 0 unspecified atom stereocenters. The molecule has 0 fully saturated rings. The van der Waals surface area contributed by atoms with Crippen molar-refractivity contribution < 1.29 is 14.3 Å². The molecule has 0 saturated heterocycles. The van der Waals surface area contributed by atoms with Crippen molar-refractivity contribution in [3.8, 4) is 11.8 Å². The molecule has 7 nitrogen and oxygen atoms in total. The van der Waals surface area contributed by atoms with E-state index in [4.69, 9.17) is 9.47 Å². The Balaban J connectivity index is 1.60. The number of thiazole rings is 1. The van der Waals surface area contributed by atoms with Gasteiger partial charge in [0.05, 0.1) is 40.1 Å². The molecule has 0 N–H and O–H groups in total. The second-order valence-electron chi connectivity index (χ2n) is 10.2. The number of carbonyl (C=O) groups is 1. The molecule has 2 heterocycles. The van der Waals surface area contributed by atoms with Gasteiger partial charge < -0.3 is 9.47 Å². The lowest BCUT2D eigenvalue weighted by Gasteiger charge is -2.25. The van der Waals surface area contributed by atoms with Gasteiger partial charge in [-0.3, -0.25) is 9.36 Å². The van der Waals surface area contributed by atoms with Gasteiger partial charge in [-0.15, -0.1) is 0 Å². The van der Waals surface area contributed by atoms with Crippen molar-refractivity contribution in [1.29, 1.82) is 5.26 Å². The van der Waals surface area contributed by atoms with E-state index in [-0.39, 0.29) is 18.8 Å². The fraction of sp³-hybridized carbons (Fsp3) is 0.235. The summed E-state index contributed by atoms with van der Waals surface area (Å²) in [6.45, 7) is 8.21. The zero-order valence-electron chi connectivity index (χ0n) is 24.0. The quantitative estimate of drug-likeness (QED) is 0.263. The van der Waals surface area contributed by atoms with Crippen LogP contribution in [-0.2, 0) is 16.1 Å². The molecule has 212 valence electrons. The number of benzene rings is 3. The van der Waals surface area contributed by atoms with E-state index in [0.717, 1.165) is 16.7 Å².